The van der Waals surface area contributed by atoms with Gasteiger partial charge in [-0.25, -0.2) is 0 Å². The van der Waals surface area contributed by atoms with E-state index in [2.05, 4.69) is 27.7 Å². The molecule has 0 radical (unpaired) electrons. The smallest absolute Gasteiger partial charge is 0.238 e. The van der Waals surface area contributed by atoms with Crippen LogP contribution < -0.4 is 5.40 Å². The van der Waals surface area contributed by atoms with Gasteiger partial charge >= 0.3 is 0 Å². The Morgan fingerprint density at radius 3 is 1.85 bits per heavy atom. The quantitative estimate of drug-likeness (QED) is 0.668. The topological polar surface area (TPSA) is 35.2 Å². The van der Waals surface area contributed by atoms with Crippen LogP contribution in [0, 0.1) is 0 Å². The lowest BCUT2D eigenvalue weighted by Crippen LogP contribution is -2.45. The summed E-state index contributed by atoms with van der Waals surface area (Å²) in [6, 6.07) is 4.81. The van der Waals surface area contributed by atoms with Crippen molar-refractivity contribution >= 4 is 17.5 Å². The molecule has 0 aromatic carbocycles. The molecule has 0 fully saturated rings. The van der Waals surface area contributed by atoms with Gasteiger partial charge in [-0.05, 0) is 24.2 Å². The molecule has 4 heteroatoms. The predicted molar refractivity (Wildman–Crippen MR) is 64.7 cm³/mol. The number of rotatable bonds is 7. The highest BCUT2D eigenvalue weighted by atomic mass is 28.4. The fraction of sp³-hybridized carbons (Fsp3) is 1.00. The van der Waals surface area contributed by atoms with Gasteiger partial charge in [0.15, 0.2) is 8.32 Å². The lowest BCUT2D eigenvalue weighted by Gasteiger charge is -2.31. The zero-order valence-corrected chi connectivity index (χ0v) is 11.8. The molecule has 0 rings (SSSR count). The molecule has 0 aliphatic rings. The Balaban J connectivity index is 4.07. The molecule has 0 aliphatic carbocycles. The predicted octanol–water partition coefficient (Wildman–Crippen LogP) is 2.60. The summed E-state index contributed by atoms with van der Waals surface area (Å²) in [5.74, 6) is 0. The van der Waals surface area contributed by atoms with Crippen LogP contribution in [0.15, 0.2) is 0 Å². The highest BCUT2D eigenvalue weighted by molar-refractivity contribution is 6.79. The fourth-order valence-electron chi connectivity index (χ4n) is 1.66. The number of nitrogens with two attached hydrogens (primary N) is 1. The summed E-state index contributed by atoms with van der Waals surface area (Å²) in [6.45, 7) is 8.95. The SMILES string of the molecule is CCC[SiH](N)O[Si](CC)(CC)CC. The Morgan fingerprint density at radius 1 is 1.08 bits per heavy atom. The van der Waals surface area contributed by atoms with Gasteiger partial charge < -0.3 is 9.51 Å². The van der Waals surface area contributed by atoms with Gasteiger partial charge in [0, 0.05) is 0 Å². The minimum atomic E-state index is -1.38. The highest BCUT2D eigenvalue weighted by Crippen LogP contribution is 2.22. The van der Waals surface area contributed by atoms with Crippen molar-refractivity contribution in [2.24, 2.45) is 5.40 Å². The van der Waals surface area contributed by atoms with Gasteiger partial charge in [-0.1, -0.05) is 34.1 Å². The largest absolute Gasteiger partial charge is 0.446 e. The molecule has 0 aliphatic heterocycles. The monoisotopic (exact) mass is 219 g/mol. The highest BCUT2D eigenvalue weighted by Gasteiger charge is 2.30. The van der Waals surface area contributed by atoms with E-state index in [1.165, 1.54) is 24.6 Å². The Kier molecular flexibility index (Phi) is 6.94. The lowest BCUT2D eigenvalue weighted by atomic mass is 10.6. The second kappa shape index (κ2) is 6.76. The second-order valence-electron chi connectivity index (χ2n) is 3.69. The van der Waals surface area contributed by atoms with Crippen LogP contribution in [-0.4, -0.2) is 17.5 Å². The summed E-state index contributed by atoms with van der Waals surface area (Å²) in [7, 11) is -2.70. The summed E-state index contributed by atoms with van der Waals surface area (Å²) in [5, 5.41) is 6.05. The van der Waals surface area contributed by atoms with Crippen LogP contribution in [0.5, 0.6) is 0 Å². The maximum Gasteiger partial charge on any atom is 0.238 e. The van der Waals surface area contributed by atoms with Gasteiger partial charge in [0.2, 0.25) is 9.20 Å². The number of hydrogen-bond donors (Lipinski definition) is 1. The first-order valence-corrected chi connectivity index (χ1v) is 10.1. The maximum absolute atomic E-state index is 6.18. The molecule has 0 aromatic heterocycles. The molecule has 80 valence electrons. The van der Waals surface area contributed by atoms with Crippen molar-refractivity contribution in [3.8, 4) is 0 Å². The molecule has 0 saturated heterocycles. The van der Waals surface area contributed by atoms with Crippen LogP contribution in [0.3, 0.4) is 0 Å². The average Bonchev–Trinajstić information content (AvgIpc) is 2.15. The second-order valence-corrected chi connectivity index (χ2v) is 10.8. The van der Waals surface area contributed by atoms with Gasteiger partial charge in [-0.2, -0.15) is 0 Å². The first kappa shape index (κ1) is 13.4. The third-order valence-corrected chi connectivity index (χ3v) is 11.1. The first-order chi connectivity index (χ1) is 6.14. The van der Waals surface area contributed by atoms with Gasteiger partial charge in [0.25, 0.3) is 0 Å². The number of hydrogen-bond acceptors (Lipinski definition) is 2. The Hall–Kier alpha value is 0.354. The molecule has 0 amide bonds. The summed E-state index contributed by atoms with van der Waals surface area (Å²) in [4.78, 5) is 0. The molecule has 1 unspecified atom stereocenters. The summed E-state index contributed by atoms with van der Waals surface area (Å²) in [6.07, 6.45) is 1.18. The Labute approximate surface area is 85.8 Å². The van der Waals surface area contributed by atoms with Gasteiger partial charge in [-0.15, -0.1) is 0 Å². The van der Waals surface area contributed by atoms with Crippen molar-refractivity contribution < 1.29 is 4.12 Å². The summed E-state index contributed by atoms with van der Waals surface area (Å²) >= 11 is 0. The first-order valence-electron chi connectivity index (χ1n) is 5.57. The maximum atomic E-state index is 6.18. The van der Waals surface area contributed by atoms with E-state index in [1.54, 1.807) is 0 Å². The minimum Gasteiger partial charge on any atom is -0.446 e. The molecule has 2 N–H and O–H groups in total. The fourth-order valence-corrected chi connectivity index (χ4v) is 8.77. The normalized spacial score (nSPS) is 14.5. The van der Waals surface area contributed by atoms with Crippen molar-refractivity contribution in [1.29, 1.82) is 0 Å². The minimum absolute atomic E-state index is 1.13. The van der Waals surface area contributed by atoms with Crippen LogP contribution in [-0.2, 0) is 4.12 Å². The molecule has 0 spiro atoms. The van der Waals surface area contributed by atoms with Gasteiger partial charge in [-0.3, -0.25) is 0 Å². The van der Waals surface area contributed by atoms with Crippen molar-refractivity contribution in [2.45, 2.75) is 58.3 Å². The zero-order chi connectivity index (χ0) is 10.3. The van der Waals surface area contributed by atoms with Crippen LogP contribution in [0.4, 0.5) is 0 Å². The third kappa shape index (κ3) is 4.40. The molecule has 2 nitrogen and oxygen atoms in total. The zero-order valence-electron chi connectivity index (χ0n) is 9.60. The van der Waals surface area contributed by atoms with E-state index < -0.39 is 17.5 Å². The van der Waals surface area contributed by atoms with Crippen molar-refractivity contribution in [3.63, 3.8) is 0 Å². The van der Waals surface area contributed by atoms with E-state index in [1.807, 2.05) is 0 Å². The van der Waals surface area contributed by atoms with Gasteiger partial charge in [0.1, 0.15) is 0 Å². The average molecular weight is 219 g/mol. The van der Waals surface area contributed by atoms with Crippen LogP contribution in [0.2, 0.25) is 24.2 Å². The van der Waals surface area contributed by atoms with E-state index in [9.17, 15) is 0 Å². The molecule has 0 saturated carbocycles. The lowest BCUT2D eigenvalue weighted by molar-refractivity contribution is 0.539. The van der Waals surface area contributed by atoms with Crippen LogP contribution >= 0.6 is 0 Å². The summed E-state index contributed by atoms with van der Waals surface area (Å²) in [5.41, 5.74) is 0. The van der Waals surface area contributed by atoms with Crippen molar-refractivity contribution in [1.82, 2.24) is 0 Å². The van der Waals surface area contributed by atoms with Crippen molar-refractivity contribution in [2.75, 3.05) is 0 Å². The molecule has 0 aromatic rings. The van der Waals surface area contributed by atoms with Crippen molar-refractivity contribution in [3.05, 3.63) is 0 Å². The van der Waals surface area contributed by atoms with Crippen LogP contribution in [0.1, 0.15) is 34.1 Å². The van der Waals surface area contributed by atoms with E-state index in [0.717, 1.165) is 6.04 Å². The summed E-state index contributed by atoms with van der Waals surface area (Å²) < 4.78 is 6.18. The molecular formula is C9H25NOSi2. The Morgan fingerprint density at radius 2 is 1.54 bits per heavy atom. The van der Waals surface area contributed by atoms with E-state index in [4.69, 9.17) is 9.51 Å². The Bertz CT molecular complexity index is 121. The van der Waals surface area contributed by atoms with Gasteiger partial charge in [0.05, 0.1) is 0 Å². The standard InChI is InChI=1S/C9H25NOSi2/c1-5-9-12(10)11-13(6-2,7-3)8-4/h12H,5-10H2,1-4H3. The van der Waals surface area contributed by atoms with E-state index in [0.29, 0.717) is 0 Å². The van der Waals surface area contributed by atoms with Crippen LogP contribution in [0.25, 0.3) is 0 Å². The molecule has 0 heterocycles. The molecule has 13 heavy (non-hydrogen) atoms. The molecule has 0 bridgehead atoms. The van der Waals surface area contributed by atoms with E-state index in [-0.39, 0.29) is 0 Å². The molecule has 1 atom stereocenters. The molecular weight excluding hydrogens is 194 g/mol. The van der Waals surface area contributed by atoms with E-state index >= 15 is 0 Å². The third-order valence-electron chi connectivity index (χ3n) is 2.91.